The van der Waals surface area contributed by atoms with Crippen LogP contribution in [0.15, 0.2) is 127 Å². The van der Waals surface area contributed by atoms with Gasteiger partial charge in [-0.25, -0.2) is 4.98 Å². The highest BCUT2D eigenvalue weighted by Gasteiger charge is 2.35. The molecule has 5 aromatic carbocycles. The third-order valence-corrected chi connectivity index (χ3v) is 16.0. The Balaban J connectivity index is 0.541. The fraction of sp³-hybridized carbons (Fsp3) is 0.369. The van der Waals surface area contributed by atoms with E-state index in [4.69, 9.17) is 35.3 Å². The van der Waals surface area contributed by atoms with Crippen molar-refractivity contribution in [3.05, 3.63) is 159 Å². The summed E-state index contributed by atoms with van der Waals surface area (Å²) in [6.07, 6.45) is 4.59. The van der Waals surface area contributed by atoms with Gasteiger partial charge < -0.3 is 59.2 Å². The Morgan fingerprint density at radius 1 is 0.793 bits per heavy atom. The third-order valence-electron chi connectivity index (χ3n) is 15.6. The lowest BCUT2D eigenvalue weighted by Gasteiger charge is -2.38. The Morgan fingerprint density at radius 2 is 1.48 bits per heavy atom. The molecular formula is C65H74ClN11O10. The number of benzene rings is 5. The van der Waals surface area contributed by atoms with Crippen LogP contribution in [-0.2, 0) is 55.7 Å². The SMILES string of the molecule is Cc1ccc(Oc2nc3cc(-c4ccc5c(ccn5C)c4)c(Cl)cc3[nH]2)cc1C(=O)NCCOCCOCCOCCOCCNC(=O)CNCc1ccc(-c2c3ncn(CC4(O)CCN(C(=O)C[C@@H](C)c5ccccc5)CC4)c(=O)c3nn2C)cc1. The second-order valence-corrected chi connectivity index (χ2v) is 22.4. The molecule has 10 rings (SSSR count). The van der Waals surface area contributed by atoms with Gasteiger partial charge in [0.15, 0.2) is 5.52 Å². The number of piperidine rings is 1. The maximum atomic E-state index is 13.7. The molecule has 456 valence electrons. The summed E-state index contributed by atoms with van der Waals surface area (Å²) in [7, 11) is 3.78. The molecule has 0 aliphatic carbocycles. The fourth-order valence-electron chi connectivity index (χ4n) is 10.7. The molecule has 9 aromatic rings. The predicted molar refractivity (Wildman–Crippen MR) is 333 cm³/mol. The van der Waals surface area contributed by atoms with Gasteiger partial charge in [0, 0.05) is 87.0 Å². The fourth-order valence-corrected chi connectivity index (χ4v) is 11.0. The van der Waals surface area contributed by atoms with Crippen molar-refractivity contribution in [2.24, 2.45) is 14.1 Å². The topological polar surface area (TPSA) is 243 Å². The van der Waals surface area contributed by atoms with Crippen molar-refractivity contribution in [3.63, 3.8) is 0 Å². The van der Waals surface area contributed by atoms with E-state index in [1.165, 1.54) is 10.9 Å². The number of aromatic nitrogens is 7. The summed E-state index contributed by atoms with van der Waals surface area (Å²) < 4.78 is 33.7. The number of carbonyl (C=O) groups excluding carboxylic acids is 3. The summed E-state index contributed by atoms with van der Waals surface area (Å²) in [6.45, 7) is 8.94. The van der Waals surface area contributed by atoms with Crippen LogP contribution in [0.3, 0.4) is 0 Å². The molecule has 0 spiro atoms. The van der Waals surface area contributed by atoms with Crippen molar-refractivity contribution >= 4 is 62.3 Å². The average molecular weight is 1200 g/mol. The molecule has 21 nitrogen and oxygen atoms in total. The first-order valence-corrected chi connectivity index (χ1v) is 29.7. The molecule has 87 heavy (non-hydrogen) atoms. The van der Waals surface area contributed by atoms with Crippen molar-refractivity contribution in [1.29, 1.82) is 0 Å². The van der Waals surface area contributed by atoms with Gasteiger partial charge in [-0.05, 0) is 90.4 Å². The van der Waals surface area contributed by atoms with Gasteiger partial charge in [0.2, 0.25) is 11.8 Å². The molecule has 5 heterocycles. The number of nitrogens with zero attached hydrogens (tertiary/aromatic N) is 7. The summed E-state index contributed by atoms with van der Waals surface area (Å²) in [5, 5.41) is 26.7. The summed E-state index contributed by atoms with van der Waals surface area (Å²) in [6, 6.07) is 35.4. The number of hydrogen-bond acceptors (Lipinski definition) is 14. The van der Waals surface area contributed by atoms with Crippen LogP contribution in [0.2, 0.25) is 5.02 Å². The second-order valence-electron chi connectivity index (χ2n) is 22.0. The number of nitrogens with one attached hydrogen (secondary N) is 4. The first kappa shape index (κ1) is 61.8. The van der Waals surface area contributed by atoms with Gasteiger partial charge in [0.1, 0.15) is 11.3 Å². The number of aryl methyl sites for hydroxylation is 3. The number of fused-ring (bicyclic) bond motifs is 3. The maximum absolute atomic E-state index is 13.7. The summed E-state index contributed by atoms with van der Waals surface area (Å²) in [5.74, 6) is 0.200. The quantitative estimate of drug-likeness (QED) is 0.0281. The van der Waals surface area contributed by atoms with E-state index in [-0.39, 0.29) is 53.8 Å². The van der Waals surface area contributed by atoms with Crippen molar-refractivity contribution in [2.75, 3.05) is 85.6 Å². The Hall–Kier alpha value is -8.28. The molecule has 1 fully saturated rings. The normalized spacial score (nSPS) is 13.6. The lowest BCUT2D eigenvalue weighted by atomic mass is 9.90. The molecule has 1 atom stereocenters. The summed E-state index contributed by atoms with van der Waals surface area (Å²) in [4.78, 5) is 66.7. The van der Waals surface area contributed by atoms with Crippen LogP contribution in [0.4, 0.5) is 0 Å². The average Bonchev–Trinajstić information content (AvgIpc) is 2.08. The van der Waals surface area contributed by atoms with Crippen LogP contribution in [0, 0.1) is 6.92 Å². The van der Waals surface area contributed by atoms with Crippen molar-refractivity contribution < 1.29 is 43.2 Å². The summed E-state index contributed by atoms with van der Waals surface area (Å²) >= 11 is 6.74. The second kappa shape index (κ2) is 28.9. The molecular weight excluding hydrogens is 1130 g/mol. The number of ether oxygens (including phenoxy) is 5. The van der Waals surface area contributed by atoms with Crippen LogP contribution < -0.4 is 26.2 Å². The first-order valence-electron chi connectivity index (χ1n) is 29.3. The summed E-state index contributed by atoms with van der Waals surface area (Å²) in [5.41, 5.74) is 8.44. The van der Waals surface area contributed by atoms with Gasteiger partial charge in [0.05, 0.1) is 99.6 Å². The number of likely N-dealkylation sites (tertiary alicyclic amines) is 1. The van der Waals surface area contributed by atoms with E-state index in [1.807, 2.05) is 106 Å². The Morgan fingerprint density at radius 3 is 2.21 bits per heavy atom. The zero-order chi connectivity index (χ0) is 60.9. The van der Waals surface area contributed by atoms with Crippen LogP contribution in [0.5, 0.6) is 11.8 Å². The molecule has 0 radical (unpaired) electrons. The zero-order valence-electron chi connectivity index (χ0n) is 49.5. The van der Waals surface area contributed by atoms with Gasteiger partial charge in [-0.3, -0.25) is 28.4 Å². The van der Waals surface area contributed by atoms with Crippen LogP contribution in [0.25, 0.3) is 55.4 Å². The number of aromatic amines is 1. The van der Waals surface area contributed by atoms with E-state index < -0.39 is 5.60 Å². The lowest BCUT2D eigenvalue weighted by molar-refractivity contribution is -0.136. The zero-order valence-corrected chi connectivity index (χ0v) is 50.2. The van der Waals surface area contributed by atoms with Crippen LogP contribution in [0.1, 0.15) is 59.2 Å². The standard InChI is InChI=1S/C65H74ClN11O10/c1-43-10-16-50(87-64-71-54-37-52(53(66)38-55(54)72-64)48-15-17-56-49(35-48)18-23-74(56)3)36-51(43)62(80)69-22-27-84-29-31-86-33-32-85-30-28-83-26-21-68-57(78)40-67-39-45-11-13-47(14-12-45)61-59-60(73-75(61)4)63(81)77(42-70-59)41-65(82)19-24-76(25-20-65)58(79)34-44(2)46-8-6-5-7-9-46/h5-18,23,35-38,42,44,67,82H,19-22,24-34,39-41H2,1-4H3,(H,68,78)(H,69,80)(H,71,72)/t44-/m1/s1. The number of amides is 3. The molecule has 1 aliphatic heterocycles. The molecule has 22 heteroatoms. The van der Waals surface area contributed by atoms with E-state index in [2.05, 4.69) is 58.8 Å². The number of H-pyrrole nitrogens is 1. The van der Waals surface area contributed by atoms with Crippen molar-refractivity contribution in [2.45, 2.75) is 57.7 Å². The van der Waals surface area contributed by atoms with Crippen molar-refractivity contribution in [3.8, 4) is 34.1 Å². The number of rotatable bonds is 29. The highest BCUT2D eigenvalue weighted by Crippen LogP contribution is 2.35. The Kier molecular flexibility index (Phi) is 20.6. The smallest absolute Gasteiger partial charge is 0.300 e. The molecule has 3 amide bonds. The van der Waals surface area contributed by atoms with Crippen LogP contribution >= 0.6 is 11.6 Å². The number of hydrogen-bond donors (Lipinski definition) is 5. The minimum atomic E-state index is -1.17. The largest absolute Gasteiger partial charge is 0.426 e. The van der Waals surface area contributed by atoms with Crippen LogP contribution in [-0.4, -0.2) is 153 Å². The number of halogens is 1. The number of imidazole rings is 1. The highest BCUT2D eigenvalue weighted by molar-refractivity contribution is 6.34. The Labute approximate surface area is 508 Å². The molecule has 1 aliphatic rings. The van der Waals surface area contributed by atoms with E-state index in [1.54, 1.807) is 28.8 Å². The minimum Gasteiger partial charge on any atom is -0.426 e. The maximum Gasteiger partial charge on any atom is 0.300 e. The van der Waals surface area contributed by atoms with Gasteiger partial charge in [0.25, 0.3) is 17.5 Å². The molecule has 4 aromatic heterocycles. The molecule has 0 saturated carbocycles. The molecule has 1 saturated heterocycles. The Bertz CT molecular complexity index is 3890. The number of aliphatic hydroxyl groups is 1. The monoisotopic (exact) mass is 1200 g/mol. The van der Waals surface area contributed by atoms with Gasteiger partial charge in [-0.2, -0.15) is 10.1 Å². The number of carbonyl (C=O) groups is 3. The van der Waals surface area contributed by atoms with E-state index in [0.29, 0.717) is 138 Å². The van der Waals surface area contributed by atoms with E-state index in [0.717, 1.165) is 49.8 Å². The van der Waals surface area contributed by atoms with Gasteiger partial charge >= 0.3 is 0 Å². The van der Waals surface area contributed by atoms with Gasteiger partial charge in [-0.15, -0.1) is 0 Å². The first-order chi connectivity index (χ1) is 42.2. The van der Waals surface area contributed by atoms with E-state index >= 15 is 0 Å². The molecule has 0 unspecified atom stereocenters. The predicted octanol–water partition coefficient (Wildman–Crippen LogP) is 7.84. The molecule has 0 bridgehead atoms. The lowest BCUT2D eigenvalue weighted by Crippen LogP contribution is -2.49. The van der Waals surface area contributed by atoms with Crippen molar-refractivity contribution in [1.82, 2.24) is 54.7 Å². The molecule has 5 N–H and O–H groups in total. The minimum absolute atomic E-state index is 0.0521. The third kappa shape index (κ3) is 15.8. The van der Waals surface area contributed by atoms with E-state index in [9.17, 15) is 24.3 Å². The van der Waals surface area contributed by atoms with Gasteiger partial charge in [-0.1, -0.05) is 85.3 Å². The highest BCUT2D eigenvalue weighted by atomic mass is 35.5.